The maximum atomic E-state index is 12.8. The summed E-state index contributed by atoms with van der Waals surface area (Å²) in [6, 6.07) is 6.27. The Morgan fingerprint density at radius 2 is 2.13 bits per heavy atom. The largest absolute Gasteiger partial charge is 0.354 e. The van der Waals surface area contributed by atoms with Crippen LogP contribution >= 0.6 is 11.8 Å². The van der Waals surface area contributed by atoms with E-state index in [9.17, 15) is 9.18 Å². The second kappa shape index (κ2) is 8.59. The number of carbonyl (C=O) groups is 1. The Hall–Kier alpha value is -2.00. The van der Waals surface area contributed by atoms with Crippen molar-refractivity contribution in [3.05, 3.63) is 35.6 Å². The van der Waals surface area contributed by atoms with Crippen LogP contribution in [0.1, 0.15) is 5.56 Å². The first-order chi connectivity index (χ1) is 11.0. The van der Waals surface area contributed by atoms with Gasteiger partial charge in [-0.05, 0) is 35.2 Å². The molecule has 1 amide bonds. The molecule has 1 N–H and O–H groups in total. The average Bonchev–Trinajstić information content (AvgIpc) is 2.91. The molecule has 2 aromatic rings. The molecule has 0 saturated carbocycles. The SMILES string of the molecule is CN(CC(=O)NCCSc1nnnn1C)Cc1ccc(F)cc1. The van der Waals surface area contributed by atoms with Crippen molar-refractivity contribution in [2.45, 2.75) is 11.7 Å². The molecule has 23 heavy (non-hydrogen) atoms. The minimum absolute atomic E-state index is 0.0497. The third-order valence-corrected chi connectivity index (χ3v) is 4.03. The lowest BCUT2D eigenvalue weighted by atomic mass is 10.2. The van der Waals surface area contributed by atoms with Crippen LogP contribution in [-0.4, -0.2) is 56.9 Å². The predicted octanol–water partition coefficient (Wildman–Crippen LogP) is 0.689. The highest BCUT2D eigenvalue weighted by atomic mass is 32.2. The third-order valence-electron chi connectivity index (χ3n) is 3.02. The molecule has 7 nitrogen and oxygen atoms in total. The molecule has 1 aromatic heterocycles. The summed E-state index contributed by atoms with van der Waals surface area (Å²) in [7, 11) is 3.62. The number of nitrogens with one attached hydrogen (secondary N) is 1. The quantitative estimate of drug-likeness (QED) is 0.564. The van der Waals surface area contributed by atoms with Gasteiger partial charge in [-0.1, -0.05) is 23.9 Å². The topological polar surface area (TPSA) is 75.9 Å². The minimum Gasteiger partial charge on any atom is -0.354 e. The van der Waals surface area contributed by atoms with Gasteiger partial charge in [0.1, 0.15) is 5.82 Å². The molecule has 0 unspecified atom stereocenters. The molecule has 0 aliphatic heterocycles. The summed E-state index contributed by atoms with van der Waals surface area (Å²) in [5, 5.41) is 14.7. The number of nitrogens with zero attached hydrogens (tertiary/aromatic N) is 5. The normalized spacial score (nSPS) is 11.0. The van der Waals surface area contributed by atoms with Crippen LogP contribution in [0.2, 0.25) is 0 Å². The third kappa shape index (κ3) is 5.95. The lowest BCUT2D eigenvalue weighted by Crippen LogP contribution is -2.35. The maximum absolute atomic E-state index is 12.8. The van der Waals surface area contributed by atoms with E-state index in [1.807, 2.05) is 11.9 Å². The molecule has 2 rings (SSSR count). The standard InChI is InChI=1S/C14H19FN6OS/c1-20(9-11-3-5-12(15)6-4-11)10-13(22)16-7-8-23-14-17-18-19-21(14)2/h3-6H,7-10H2,1-2H3,(H,16,22). The van der Waals surface area contributed by atoms with Crippen LogP contribution in [0, 0.1) is 5.82 Å². The van der Waals surface area contributed by atoms with Crippen LogP contribution in [0.3, 0.4) is 0 Å². The first kappa shape index (κ1) is 17.4. The highest BCUT2D eigenvalue weighted by Gasteiger charge is 2.08. The fourth-order valence-corrected chi connectivity index (χ4v) is 2.64. The molecule has 0 saturated heterocycles. The van der Waals surface area contributed by atoms with Crippen molar-refractivity contribution >= 4 is 17.7 Å². The summed E-state index contributed by atoms with van der Waals surface area (Å²) in [6.45, 7) is 1.42. The van der Waals surface area contributed by atoms with Gasteiger partial charge in [0.2, 0.25) is 11.1 Å². The smallest absolute Gasteiger partial charge is 0.234 e. The first-order valence-electron chi connectivity index (χ1n) is 7.09. The van der Waals surface area contributed by atoms with Crippen molar-refractivity contribution in [2.24, 2.45) is 7.05 Å². The van der Waals surface area contributed by atoms with Gasteiger partial charge in [-0.2, -0.15) is 0 Å². The van der Waals surface area contributed by atoms with Gasteiger partial charge in [-0.15, -0.1) is 5.10 Å². The Balaban J connectivity index is 1.64. The number of halogens is 1. The van der Waals surface area contributed by atoms with E-state index in [-0.39, 0.29) is 18.3 Å². The molecule has 0 aliphatic rings. The average molecular weight is 338 g/mol. The molecule has 0 radical (unpaired) electrons. The van der Waals surface area contributed by atoms with Gasteiger partial charge in [0.05, 0.1) is 6.54 Å². The molecule has 0 aliphatic carbocycles. The molecule has 124 valence electrons. The molecule has 9 heteroatoms. The molecule has 0 atom stereocenters. The zero-order valence-electron chi connectivity index (χ0n) is 13.1. The number of hydrogen-bond acceptors (Lipinski definition) is 6. The fourth-order valence-electron chi connectivity index (χ4n) is 1.93. The molecule has 0 spiro atoms. The Labute approximate surface area is 138 Å². The molecule has 1 aromatic carbocycles. The van der Waals surface area contributed by atoms with E-state index in [1.54, 1.807) is 23.9 Å². The van der Waals surface area contributed by atoms with Crippen LogP contribution < -0.4 is 5.32 Å². The van der Waals surface area contributed by atoms with Crippen molar-refractivity contribution < 1.29 is 9.18 Å². The number of rotatable bonds is 8. The van der Waals surface area contributed by atoms with Crippen LogP contribution in [0.25, 0.3) is 0 Å². The number of benzene rings is 1. The number of hydrogen-bond donors (Lipinski definition) is 1. The first-order valence-corrected chi connectivity index (χ1v) is 8.08. The molecule has 1 heterocycles. The lowest BCUT2D eigenvalue weighted by Gasteiger charge is -2.16. The van der Waals surface area contributed by atoms with Crippen molar-refractivity contribution in [1.82, 2.24) is 30.4 Å². The van der Waals surface area contributed by atoms with E-state index in [0.29, 0.717) is 24.0 Å². The second-order valence-electron chi connectivity index (χ2n) is 5.08. The molecule has 0 bridgehead atoms. The van der Waals surface area contributed by atoms with E-state index in [1.165, 1.54) is 23.9 Å². The van der Waals surface area contributed by atoms with Gasteiger partial charge in [-0.25, -0.2) is 9.07 Å². The van der Waals surface area contributed by atoms with E-state index in [4.69, 9.17) is 0 Å². The number of thioether (sulfide) groups is 1. The van der Waals surface area contributed by atoms with Gasteiger partial charge in [0.25, 0.3) is 0 Å². The summed E-state index contributed by atoms with van der Waals surface area (Å²) in [5.41, 5.74) is 0.965. The van der Waals surface area contributed by atoms with Crippen LogP contribution in [-0.2, 0) is 18.4 Å². The van der Waals surface area contributed by atoms with Gasteiger partial charge < -0.3 is 5.32 Å². The van der Waals surface area contributed by atoms with E-state index >= 15 is 0 Å². The van der Waals surface area contributed by atoms with E-state index < -0.39 is 0 Å². The summed E-state index contributed by atoms with van der Waals surface area (Å²) >= 11 is 1.48. The van der Waals surface area contributed by atoms with Crippen molar-refractivity contribution in [3.63, 3.8) is 0 Å². The van der Waals surface area contributed by atoms with Crippen LogP contribution in [0.15, 0.2) is 29.4 Å². The zero-order chi connectivity index (χ0) is 16.7. The number of aryl methyl sites for hydroxylation is 1. The second-order valence-corrected chi connectivity index (χ2v) is 6.14. The van der Waals surface area contributed by atoms with Crippen LogP contribution in [0.4, 0.5) is 4.39 Å². The number of tetrazole rings is 1. The maximum Gasteiger partial charge on any atom is 0.234 e. The Kier molecular flexibility index (Phi) is 6.48. The van der Waals surface area contributed by atoms with Crippen molar-refractivity contribution in [1.29, 1.82) is 0 Å². The summed E-state index contributed by atoms with van der Waals surface area (Å²) in [4.78, 5) is 13.7. The number of carbonyl (C=O) groups excluding carboxylic acids is 1. The number of likely N-dealkylation sites (N-methyl/N-ethyl adjacent to an activating group) is 1. The highest BCUT2D eigenvalue weighted by Crippen LogP contribution is 2.10. The monoisotopic (exact) mass is 338 g/mol. The van der Waals surface area contributed by atoms with Crippen molar-refractivity contribution in [3.8, 4) is 0 Å². The van der Waals surface area contributed by atoms with Gasteiger partial charge in [0, 0.05) is 25.9 Å². The molecular weight excluding hydrogens is 319 g/mol. The summed E-state index contributed by atoms with van der Waals surface area (Å²) in [6.07, 6.45) is 0. The Morgan fingerprint density at radius 3 is 2.78 bits per heavy atom. The zero-order valence-corrected chi connectivity index (χ0v) is 13.9. The summed E-state index contributed by atoms with van der Waals surface area (Å²) < 4.78 is 14.4. The van der Waals surface area contributed by atoms with E-state index in [0.717, 1.165) is 5.56 Å². The lowest BCUT2D eigenvalue weighted by molar-refractivity contribution is -0.121. The molecular formula is C14H19FN6OS. The minimum atomic E-state index is -0.259. The number of amides is 1. The predicted molar refractivity (Wildman–Crippen MR) is 85.3 cm³/mol. The molecule has 0 fully saturated rings. The van der Waals surface area contributed by atoms with E-state index in [2.05, 4.69) is 20.8 Å². The number of aromatic nitrogens is 4. The Bertz CT molecular complexity index is 632. The fraction of sp³-hybridized carbons (Fsp3) is 0.429. The summed E-state index contributed by atoms with van der Waals surface area (Å²) in [5.74, 6) is 0.387. The Morgan fingerprint density at radius 1 is 1.39 bits per heavy atom. The van der Waals surface area contributed by atoms with Crippen LogP contribution in [0.5, 0.6) is 0 Å². The highest BCUT2D eigenvalue weighted by molar-refractivity contribution is 7.99. The van der Waals surface area contributed by atoms with Gasteiger partial charge >= 0.3 is 0 Å². The van der Waals surface area contributed by atoms with Gasteiger partial charge in [-0.3, -0.25) is 9.69 Å². The van der Waals surface area contributed by atoms with Gasteiger partial charge in [0.15, 0.2) is 0 Å². The van der Waals surface area contributed by atoms with Crippen molar-refractivity contribution in [2.75, 3.05) is 25.9 Å².